The minimum absolute atomic E-state index is 0.0148. The topological polar surface area (TPSA) is 131 Å². The van der Waals surface area contributed by atoms with E-state index < -0.39 is 16.9 Å². The molecule has 260 valence electrons. The number of fused-ring (bicyclic) bond motifs is 1. The number of carbonyl (C=O) groups excluding carboxylic acids is 1. The SMILES string of the molecule is CCOC(=O)C1=C(c2ccccc2)N=c2s/c(=C\c3cc(I)c(OCc4ccc([N+](=O)[O-])cc4)c(I)c3)c(=O)n2[C@H]1c1ccc(OC)c(OC)c1. The van der Waals surface area contributed by atoms with Gasteiger partial charge < -0.3 is 18.9 Å². The number of methoxy groups -OCH3 is 2. The van der Waals surface area contributed by atoms with Crippen LogP contribution in [0.1, 0.15) is 35.2 Å². The third-order valence-corrected chi connectivity index (χ3v) is 10.5. The van der Waals surface area contributed by atoms with E-state index in [1.54, 1.807) is 43.3 Å². The zero-order valence-corrected chi connectivity index (χ0v) is 32.6. The van der Waals surface area contributed by atoms with Gasteiger partial charge in [0, 0.05) is 17.7 Å². The third-order valence-electron chi connectivity index (χ3n) is 7.95. The van der Waals surface area contributed by atoms with Crippen LogP contribution in [0.25, 0.3) is 11.8 Å². The second kappa shape index (κ2) is 15.8. The van der Waals surface area contributed by atoms with E-state index in [0.717, 1.165) is 18.3 Å². The molecule has 0 saturated carbocycles. The fraction of sp³-hybridized carbons (Fsp3) is 0.162. The highest BCUT2D eigenvalue weighted by molar-refractivity contribution is 14.1. The second-order valence-electron chi connectivity index (χ2n) is 11.1. The van der Waals surface area contributed by atoms with E-state index in [0.29, 0.717) is 43.4 Å². The number of ether oxygens (including phenoxy) is 4. The summed E-state index contributed by atoms with van der Waals surface area (Å²) >= 11 is 5.60. The lowest BCUT2D eigenvalue weighted by Gasteiger charge is -2.26. The van der Waals surface area contributed by atoms with E-state index in [4.69, 9.17) is 23.9 Å². The summed E-state index contributed by atoms with van der Waals surface area (Å²) in [4.78, 5) is 44.1. The van der Waals surface area contributed by atoms with E-state index in [-0.39, 0.29) is 30.0 Å². The van der Waals surface area contributed by atoms with E-state index >= 15 is 0 Å². The maximum Gasteiger partial charge on any atom is 0.338 e. The van der Waals surface area contributed by atoms with Crippen molar-refractivity contribution < 1.29 is 28.7 Å². The van der Waals surface area contributed by atoms with Crippen molar-refractivity contribution >= 4 is 79.9 Å². The standard InChI is InChI=1S/C37H29I2N3O8S/c1-4-49-36(44)31-32(23-8-6-5-7-9-23)40-37-41(33(31)24-12-15-28(47-2)29(19-24)48-3)35(43)30(51-37)18-22-16-26(38)34(27(39)17-22)50-20-21-10-13-25(14-11-21)42(45)46/h5-19,33H,4,20H2,1-3H3/b30-18-/t33-/m0/s1. The Morgan fingerprint density at radius 3 is 2.29 bits per heavy atom. The number of hydrogen-bond donors (Lipinski definition) is 0. The third kappa shape index (κ3) is 7.57. The first-order valence-electron chi connectivity index (χ1n) is 15.5. The van der Waals surface area contributed by atoms with Gasteiger partial charge >= 0.3 is 5.97 Å². The average Bonchev–Trinajstić information content (AvgIpc) is 3.44. The molecule has 0 aliphatic carbocycles. The zero-order valence-electron chi connectivity index (χ0n) is 27.4. The molecule has 0 bridgehead atoms. The molecular weight excluding hydrogens is 900 g/mol. The molecule has 0 N–H and O–H groups in total. The molecule has 4 aromatic carbocycles. The Balaban J connectivity index is 1.46. The van der Waals surface area contributed by atoms with Crippen LogP contribution in [-0.4, -0.2) is 36.3 Å². The summed E-state index contributed by atoms with van der Waals surface area (Å²) in [6, 6.07) is 23.8. The maximum absolute atomic E-state index is 14.4. The zero-order chi connectivity index (χ0) is 36.2. The molecule has 1 aromatic heterocycles. The number of nitro groups is 1. The maximum atomic E-state index is 14.4. The highest BCUT2D eigenvalue weighted by Gasteiger charge is 2.35. The van der Waals surface area contributed by atoms with Gasteiger partial charge in [-0.3, -0.25) is 19.5 Å². The van der Waals surface area contributed by atoms with Crippen molar-refractivity contribution in [1.29, 1.82) is 0 Å². The van der Waals surface area contributed by atoms with Crippen molar-refractivity contribution in [2.24, 2.45) is 4.99 Å². The highest BCUT2D eigenvalue weighted by atomic mass is 127. The Kier molecular flexibility index (Phi) is 11.2. The summed E-state index contributed by atoms with van der Waals surface area (Å²) < 4.78 is 26.4. The predicted octanol–water partition coefficient (Wildman–Crippen LogP) is 6.65. The van der Waals surface area contributed by atoms with E-state index in [1.807, 2.05) is 42.5 Å². The van der Waals surface area contributed by atoms with Crippen molar-refractivity contribution in [3.8, 4) is 17.2 Å². The first-order valence-corrected chi connectivity index (χ1v) is 18.5. The summed E-state index contributed by atoms with van der Waals surface area (Å²) in [6.07, 6.45) is 1.80. The average molecular weight is 930 g/mol. The largest absolute Gasteiger partial charge is 0.493 e. The molecule has 2 heterocycles. The molecule has 11 nitrogen and oxygen atoms in total. The molecule has 0 saturated heterocycles. The second-order valence-corrected chi connectivity index (χ2v) is 14.4. The molecule has 1 atom stereocenters. The van der Waals surface area contributed by atoms with Crippen LogP contribution in [0.2, 0.25) is 0 Å². The Morgan fingerprint density at radius 1 is 0.980 bits per heavy atom. The Hall–Kier alpha value is -4.55. The van der Waals surface area contributed by atoms with E-state index in [2.05, 4.69) is 45.2 Å². The number of esters is 1. The summed E-state index contributed by atoms with van der Waals surface area (Å²) in [5.74, 6) is 1.03. The van der Waals surface area contributed by atoms with Crippen LogP contribution < -0.4 is 29.1 Å². The molecule has 0 amide bonds. The molecular formula is C37H29I2N3O8S. The fourth-order valence-electron chi connectivity index (χ4n) is 5.60. The van der Waals surface area contributed by atoms with Crippen LogP contribution in [0.4, 0.5) is 5.69 Å². The van der Waals surface area contributed by atoms with Gasteiger partial charge in [0.15, 0.2) is 16.3 Å². The van der Waals surface area contributed by atoms with Crippen LogP contribution in [0.3, 0.4) is 0 Å². The summed E-state index contributed by atoms with van der Waals surface area (Å²) in [5.41, 5.74) is 3.22. The number of aromatic nitrogens is 1. The van der Waals surface area contributed by atoms with Crippen LogP contribution >= 0.6 is 56.5 Å². The molecule has 51 heavy (non-hydrogen) atoms. The summed E-state index contributed by atoms with van der Waals surface area (Å²) in [6.45, 7) is 2.10. The molecule has 6 rings (SSSR count). The Labute approximate surface area is 323 Å². The van der Waals surface area contributed by atoms with Crippen LogP contribution in [0, 0.1) is 17.3 Å². The van der Waals surface area contributed by atoms with Crippen LogP contribution in [-0.2, 0) is 16.1 Å². The predicted molar refractivity (Wildman–Crippen MR) is 210 cm³/mol. The highest BCUT2D eigenvalue weighted by Crippen LogP contribution is 2.38. The smallest absolute Gasteiger partial charge is 0.338 e. The van der Waals surface area contributed by atoms with Gasteiger partial charge in [0.1, 0.15) is 12.4 Å². The van der Waals surface area contributed by atoms with Crippen molar-refractivity contribution in [3.05, 3.63) is 150 Å². The first kappa shape index (κ1) is 36.2. The van der Waals surface area contributed by atoms with E-state index in [1.165, 1.54) is 42.3 Å². The van der Waals surface area contributed by atoms with Gasteiger partial charge in [-0.15, -0.1) is 0 Å². The van der Waals surface area contributed by atoms with Gasteiger partial charge in [-0.25, -0.2) is 9.79 Å². The van der Waals surface area contributed by atoms with Crippen molar-refractivity contribution in [3.63, 3.8) is 0 Å². The first-order chi connectivity index (χ1) is 24.6. The quantitative estimate of drug-likeness (QED) is 0.0624. The lowest BCUT2D eigenvalue weighted by molar-refractivity contribution is -0.384. The molecule has 0 fully saturated rings. The number of nitrogens with zero attached hydrogens (tertiary/aromatic N) is 3. The molecule has 0 unspecified atom stereocenters. The lowest BCUT2D eigenvalue weighted by atomic mass is 9.93. The number of hydrogen-bond acceptors (Lipinski definition) is 10. The number of nitro benzene ring substituents is 1. The molecule has 1 aliphatic rings. The Morgan fingerprint density at radius 2 is 1.67 bits per heavy atom. The molecule has 5 aromatic rings. The molecule has 0 radical (unpaired) electrons. The van der Waals surface area contributed by atoms with Gasteiger partial charge in [0.2, 0.25) is 0 Å². The molecule has 0 spiro atoms. The number of carbonyl (C=O) groups is 1. The summed E-state index contributed by atoms with van der Waals surface area (Å²) in [7, 11) is 3.07. The number of benzene rings is 4. The normalized spacial score (nSPS) is 14.1. The lowest BCUT2D eigenvalue weighted by Crippen LogP contribution is -2.40. The minimum Gasteiger partial charge on any atom is -0.493 e. The van der Waals surface area contributed by atoms with Crippen molar-refractivity contribution in [2.75, 3.05) is 20.8 Å². The van der Waals surface area contributed by atoms with Gasteiger partial charge in [0.25, 0.3) is 11.2 Å². The fourth-order valence-corrected chi connectivity index (χ4v) is 8.73. The summed E-state index contributed by atoms with van der Waals surface area (Å²) in [5, 5.41) is 11.0. The number of halogens is 2. The minimum atomic E-state index is -0.882. The number of thiazole rings is 1. The van der Waals surface area contributed by atoms with Gasteiger partial charge in [-0.1, -0.05) is 47.7 Å². The van der Waals surface area contributed by atoms with Gasteiger partial charge in [-0.2, -0.15) is 0 Å². The van der Waals surface area contributed by atoms with E-state index in [9.17, 15) is 19.7 Å². The molecule has 14 heteroatoms. The van der Waals surface area contributed by atoms with Gasteiger partial charge in [0.05, 0.1) is 54.7 Å². The van der Waals surface area contributed by atoms with Crippen LogP contribution in [0.15, 0.2) is 100 Å². The van der Waals surface area contributed by atoms with Crippen molar-refractivity contribution in [1.82, 2.24) is 4.57 Å². The monoisotopic (exact) mass is 929 g/mol. The van der Waals surface area contributed by atoms with Crippen LogP contribution in [0.5, 0.6) is 17.2 Å². The van der Waals surface area contributed by atoms with Gasteiger partial charge in [-0.05, 0) is 111 Å². The molecule has 1 aliphatic heterocycles. The number of rotatable bonds is 11. The van der Waals surface area contributed by atoms with Crippen molar-refractivity contribution in [2.45, 2.75) is 19.6 Å². The number of non-ortho nitro benzene ring substituents is 1. The Bertz CT molecular complexity index is 2330.